The van der Waals surface area contributed by atoms with Gasteiger partial charge in [0.05, 0.1) is 11.1 Å². The van der Waals surface area contributed by atoms with Crippen LogP contribution in [0.1, 0.15) is 33.4 Å². The average molecular weight is 511 g/mol. The zero-order valence-corrected chi connectivity index (χ0v) is 19.0. The molecular formula is C25H20F6N2OS. The van der Waals surface area contributed by atoms with E-state index in [1.54, 1.807) is 6.07 Å². The normalized spacial score (nSPS) is 13.8. The minimum absolute atomic E-state index is 0.0668. The number of aryl methyl sites for hydroxylation is 4. The summed E-state index contributed by atoms with van der Waals surface area (Å²) < 4.78 is 79.0. The second kappa shape index (κ2) is 9.41. The SMILES string of the molecule is Oc1cc2ccc1CCc1ccc(c(NC(=S)Nc3cc(C(F)(F)F)cc(C(F)(F)F)c3)c1)CC2. The van der Waals surface area contributed by atoms with Crippen molar-refractivity contribution in [2.45, 2.75) is 38.0 Å². The molecule has 0 fully saturated rings. The highest BCUT2D eigenvalue weighted by Gasteiger charge is 2.37. The third-order valence-corrected chi connectivity index (χ3v) is 5.99. The Balaban J connectivity index is 1.58. The van der Waals surface area contributed by atoms with Crippen molar-refractivity contribution in [2.75, 3.05) is 10.6 Å². The molecule has 0 heterocycles. The van der Waals surface area contributed by atoms with E-state index in [1.165, 1.54) is 0 Å². The fraction of sp³-hybridized carbons (Fsp3) is 0.240. The molecule has 0 radical (unpaired) electrons. The second-order valence-electron chi connectivity index (χ2n) is 8.33. The fourth-order valence-corrected chi connectivity index (χ4v) is 4.19. The molecule has 3 aromatic rings. The summed E-state index contributed by atoms with van der Waals surface area (Å²) in [5.74, 6) is 0.251. The monoisotopic (exact) mass is 510 g/mol. The Hall–Kier alpha value is -3.27. The summed E-state index contributed by atoms with van der Waals surface area (Å²) in [6.45, 7) is 0. The Labute approximate surface area is 202 Å². The summed E-state index contributed by atoms with van der Waals surface area (Å²) in [6, 6.07) is 12.5. The van der Waals surface area contributed by atoms with Gasteiger partial charge >= 0.3 is 12.4 Å². The van der Waals surface area contributed by atoms with Gasteiger partial charge in [0.15, 0.2) is 5.11 Å². The Morgan fingerprint density at radius 3 is 1.80 bits per heavy atom. The van der Waals surface area contributed by atoms with Crippen LogP contribution in [0.15, 0.2) is 54.6 Å². The zero-order valence-electron chi connectivity index (χ0n) is 18.1. The van der Waals surface area contributed by atoms with Gasteiger partial charge in [-0.15, -0.1) is 0 Å². The second-order valence-corrected chi connectivity index (χ2v) is 8.74. The lowest BCUT2D eigenvalue weighted by molar-refractivity contribution is -0.143. The van der Waals surface area contributed by atoms with Crippen LogP contribution < -0.4 is 10.6 Å². The topological polar surface area (TPSA) is 44.3 Å². The Bertz CT molecular complexity index is 1240. The van der Waals surface area contributed by atoms with Gasteiger partial charge in [-0.05, 0) is 90.5 Å². The van der Waals surface area contributed by atoms with E-state index >= 15 is 0 Å². The molecule has 7 rings (SSSR count). The third kappa shape index (κ3) is 6.05. The molecule has 0 unspecified atom stereocenters. The molecule has 0 amide bonds. The van der Waals surface area contributed by atoms with Crippen molar-refractivity contribution in [3.05, 3.63) is 88.0 Å². The number of halogens is 6. The van der Waals surface area contributed by atoms with Gasteiger partial charge in [0.25, 0.3) is 0 Å². The first kappa shape index (κ1) is 24.8. The summed E-state index contributed by atoms with van der Waals surface area (Å²) in [4.78, 5) is 0. The third-order valence-electron chi connectivity index (χ3n) is 5.78. The maximum absolute atomic E-state index is 13.2. The van der Waals surface area contributed by atoms with Gasteiger partial charge in [-0.25, -0.2) is 0 Å². The van der Waals surface area contributed by atoms with E-state index in [0.717, 1.165) is 22.3 Å². The lowest BCUT2D eigenvalue weighted by Gasteiger charge is -2.19. The number of phenols is 1. The summed E-state index contributed by atoms with van der Waals surface area (Å²) >= 11 is 5.23. The quantitative estimate of drug-likeness (QED) is 0.254. The highest BCUT2D eigenvalue weighted by Crippen LogP contribution is 2.37. The first-order valence-corrected chi connectivity index (χ1v) is 11.1. The summed E-state index contributed by atoms with van der Waals surface area (Å²) in [6.07, 6.45) is -7.50. The van der Waals surface area contributed by atoms with Crippen molar-refractivity contribution in [3.63, 3.8) is 0 Å². The molecule has 3 nitrogen and oxygen atoms in total. The number of rotatable bonds is 2. The number of thiocarbonyl (C=S) groups is 1. The van der Waals surface area contributed by atoms with Crippen LogP contribution >= 0.6 is 12.2 Å². The van der Waals surface area contributed by atoms with E-state index in [0.29, 0.717) is 43.5 Å². The molecular weight excluding hydrogens is 490 g/mol. The van der Waals surface area contributed by atoms with Gasteiger partial charge < -0.3 is 15.7 Å². The molecule has 0 aliphatic heterocycles. The number of alkyl halides is 6. The number of phenolic OH excluding ortho intramolecular Hbond substituents is 1. The van der Waals surface area contributed by atoms with Gasteiger partial charge in [0, 0.05) is 11.4 Å². The summed E-state index contributed by atoms with van der Waals surface area (Å²) in [7, 11) is 0. The highest BCUT2D eigenvalue weighted by molar-refractivity contribution is 7.80. The molecule has 4 bridgehead atoms. The van der Waals surface area contributed by atoms with Crippen LogP contribution in [0.3, 0.4) is 0 Å². The van der Waals surface area contributed by atoms with E-state index in [2.05, 4.69) is 10.6 Å². The highest BCUT2D eigenvalue weighted by atomic mass is 32.1. The van der Waals surface area contributed by atoms with Crippen molar-refractivity contribution >= 4 is 28.7 Å². The van der Waals surface area contributed by atoms with Crippen LogP contribution in [-0.4, -0.2) is 10.2 Å². The Kier molecular flexibility index (Phi) is 6.68. The van der Waals surface area contributed by atoms with E-state index in [9.17, 15) is 31.4 Å². The molecule has 4 aliphatic rings. The van der Waals surface area contributed by atoms with Crippen molar-refractivity contribution in [1.29, 1.82) is 0 Å². The van der Waals surface area contributed by atoms with Gasteiger partial charge in [-0.2, -0.15) is 26.3 Å². The predicted octanol–water partition coefficient (Wildman–Crippen LogP) is 7.12. The largest absolute Gasteiger partial charge is 0.508 e. The van der Waals surface area contributed by atoms with Crippen molar-refractivity contribution in [3.8, 4) is 5.75 Å². The average Bonchev–Trinajstić information content (AvgIpc) is 2.75. The van der Waals surface area contributed by atoms with Crippen molar-refractivity contribution < 1.29 is 31.4 Å². The smallest absolute Gasteiger partial charge is 0.416 e. The number of aromatic hydroxyl groups is 1. The van der Waals surface area contributed by atoms with Crippen LogP contribution in [-0.2, 0) is 38.0 Å². The predicted molar refractivity (Wildman–Crippen MR) is 126 cm³/mol. The maximum atomic E-state index is 13.2. The van der Waals surface area contributed by atoms with Crippen LogP contribution in [0.25, 0.3) is 0 Å². The minimum atomic E-state index is -4.95. The molecule has 0 atom stereocenters. The van der Waals surface area contributed by atoms with Gasteiger partial charge in [0.2, 0.25) is 0 Å². The van der Waals surface area contributed by atoms with Gasteiger partial charge in [0.1, 0.15) is 5.75 Å². The fourth-order valence-electron chi connectivity index (χ4n) is 3.96. The molecule has 184 valence electrons. The van der Waals surface area contributed by atoms with Gasteiger partial charge in [-0.1, -0.05) is 24.3 Å². The molecule has 35 heavy (non-hydrogen) atoms. The first-order valence-electron chi connectivity index (χ1n) is 10.7. The molecule has 0 saturated heterocycles. The van der Waals surface area contributed by atoms with Crippen LogP contribution in [0, 0.1) is 0 Å². The number of hydrogen-bond donors (Lipinski definition) is 3. The van der Waals surface area contributed by atoms with Crippen LogP contribution in [0.2, 0.25) is 0 Å². The summed E-state index contributed by atoms with van der Waals surface area (Å²) in [5.41, 5.74) is 0.881. The lowest BCUT2D eigenvalue weighted by Crippen LogP contribution is -2.21. The van der Waals surface area contributed by atoms with E-state index in [-0.39, 0.29) is 16.9 Å². The minimum Gasteiger partial charge on any atom is -0.508 e. The molecule has 0 spiro atoms. The molecule has 0 saturated carbocycles. The Morgan fingerprint density at radius 1 is 0.686 bits per heavy atom. The summed E-state index contributed by atoms with van der Waals surface area (Å²) in [5, 5.41) is 15.5. The van der Waals surface area contributed by atoms with E-state index < -0.39 is 29.2 Å². The Morgan fingerprint density at radius 2 is 1.23 bits per heavy atom. The number of anilines is 2. The van der Waals surface area contributed by atoms with Crippen molar-refractivity contribution in [2.24, 2.45) is 0 Å². The number of nitrogens with one attached hydrogen (secondary N) is 2. The number of benzene rings is 3. The molecule has 3 aromatic carbocycles. The van der Waals surface area contributed by atoms with Crippen LogP contribution in [0.5, 0.6) is 5.75 Å². The van der Waals surface area contributed by atoms with Crippen molar-refractivity contribution in [1.82, 2.24) is 0 Å². The molecule has 0 aromatic heterocycles. The van der Waals surface area contributed by atoms with Gasteiger partial charge in [-0.3, -0.25) is 0 Å². The molecule has 4 aliphatic carbocycles. The first-order chi connectivity index (χ1) is 16.4. The van der Waals surface area contributed by atoms with Crippen LogP contribution in [0.4, 0.5) is 37.7 Å². The zero-order chi connectivity index (χ0) is 25.4. The maximum Gasteiger partial charge on any atom is 0.416 e. The standard InChI is InChI=1S/C25H20F6N2OS/c26-24(27,28)18-11-19(25(29,30)31)13-20(12-18)32-23(35)33-21-9-14-1-5-16(21)6-2-15-4-8-17(7-3-14)22(34)10-15/h1,4-5,8-13,34H,2-3,6-7H2,(H2,32,33,35). The van der Waals surface area contributed by atoms with E-state index in [1.807, 2.05) is 30.3 Å². The molecule has 10 heteroatoms. The van der Waals surface area contributed by atoms with E-state index in [4.69, 9.17) is 12.2 Å². The molecule has 3 N–H and O–H groups in total. The number of hydrogen-bond acceptors (Lipinski definition) is 2. The lowest BCUT2D eigenvalue weighted by atomic mass is 9.95.